The van der Waals surface area contributed by atoms with Crippen molar-refractivity contribution in [3.63, 3.8) is 0 Å². The molecule has 7 nitrogen and oxygen atoms in total. The highest BCUT2D eigenvalue weighted by Gasteiger charge is 2.46. The standard InChI is InChI=1S/C18H29N5O2.ClH/c1-3-5-13-10-23(17-20-9-6-15(19)22-17)11-14(13)21-16(24)18(12-25-2)7-4-8-18;/h6,9,13-14H,3-5,7-8,10-12H2,1-2H3,(H,21,24)(H2,19,20,22);1H/t13-,14-;/m0./s1. The van der Waals surface area contributed by atoms with Crippen LogP contribution in [-0.4, -0.2) is 48.7 Å². The molecule has 3 N–H and O–H groups in total. The third-order valence-electron chi connectivity index (χ3n) is 5.58. The molecule has 0 aromatic carbocycles. The number of carbonyl (C=O) groups excluding carboxylic acids is 1. The maximum atomic E-state index is 12.9. The summed E-state index contributed by atoms with van der Waals surface area (Å²) in [6.07, 6.45) is 6.77. The van der Waals surface area contributed by atoms with E-state index in [0.717, 1.165) is 45.2 Å². The van der Waals surface area contributed by atoms with Gasteiger partial charge in [0.25, 0.3) is 0 Å². The Morgan fingerprint density at radius 3 is 2.81 bits per heavy atom. The van der Waals surface area contributed by atoms with Gasteiger partial charge in [0, 0.05) is 26.4 Å². The molecule has 2 fully saturated rings. The van der Waals surface area contributed by atoms with E-state index < -0.39 is 0 Å². The second-order valence-corrected chi connectivity index (χ2v) is 7.38. The summed E-state index contributed by atoms with van der Waals surface area (Å²) in [6.45, 7) is 4.26. The van der Waals surface area contributed by atoms with Crippen LogP contribution < -0.4 is 16.0 Å². The molecule has 1 aliphatic carbocycles. The van der Waals surface area contributed by atoms with Crippen LogP contribution in [0.4, 0.5) is 11.8 Å². The molecule has 0 bridgehead atoms. The molecule has 1 aliphatic heterocycles. The molecule has 0 unspecified atom stereocenters. The maximum Gasteiger partial charge on any atom is 0.228 e. The number of nitrogen functional groups attached to an aromatic ring is 1. The van der Waals surface area contributed by atoms with Crippen LogP contribution in [0.1, 0.15) is 39.0 Å². The number of nitrogens with two attached hydrogens (primary N) is 1. The number of hydrogen-bond donors (Lipinski definition) is 2. The number of aromatic nitrogens is 2. The third kappa shape index (κ3) is 4.20. The van der Waals surface area contributed by atoms with Gasteiger partial charge in [-0.2, -0.15) is 4.98 Å². The topological polar surface area (TPSA) is 93.4 Å². The van der Waals surface area contributed by atoms with Crippen molar-refractivity contribution in [2.75, 3.05) is 37.4 Å². The largest absolute Gasteiger partial charge is 0.384 e. The Labute approximate surface area is 161 Å². The zero-order valence-corrected chi connectivity index (χ0v) is 16.4. The lowest BCUT2D eigenvalue weighted by molar-refractivity contribution is -0.141. The van der Waals surface area contributed by atoms with Crippen LogP contribution in [0, 0.1) is 11.3 Å². The molecule has 2 heterocycles. The van der Waals surface area contributed by atoms with Crippen LogP contribution in [0.3, 0.4) is 0 Å². The van der Waals surface area contributed by atoms with Crippen molar-refractivity contribution in [3.05, 3.63) is 12.3 Å². The van der Waals surface area contributed by atoms with Gasteiger partial charge in [0.1, 0.15) is 5.82 Å². The average Bonchev–Trinajstić information content (AvgIpc) is 2.94. The van der Waals surface area contributed by atoms with Gasteiger partial charge in [0.05, 0.1) is 18.1 Å². The van der Waals surface area contributed by atoms with Crippen molar-refractivity contribution in [3.8, 4) is 0 Å². The Morgan fingerprint density at radius 1 is 1.46 bits per heavy atom. The molecule has 8 heteroatoms. The molecular formula is C18H30ClN5O2. The number of rotatable bonds is 7. The van der Waals surface area contributed by atoms with Crippen LogP contribution in [-0.2, 0) is 9.53 Å². The normalized spacial score (nSPS) is 23.8. The van der Waals surface area contributed by atoms with E-state index in [-0.39, 0.29) is 29.8 Å². The summed E-state index contributed by atoms with van der Waals surface area (Å²) in [7, 11) is 1.67. The monoisotopic (exact) mass is 383 g/mol. The highest BCUT2D eigenvalue weighted by atomic mass is 35.5. The molecular weight excluding hydrogens is 354 g/mol. The quantitative estimate of drug-likeness (QED) is 0.748. The first kappa shape index (κ1) is 20.7. The van der Waals surface area contributed by atoms with E-state index in [1.807, 2.05) is 0 Å². The van der Waals surface area contributed by atoms with Crippen LogP contribution >= 0.6 is 12.4 Å². The Kier molecular flexibility index (Phi) is 7.06. The lowest BCUT2D eigenvalue weighted by Gasteiger charge is -2.40. The highest BCUT2D eigenvalue weighted by molar-refractivity contribution is 5.85. The Morgan fingerprint density at radius 2 is 2.23 bits per heavy atom. The first-order valence-corrected chi connectivity index (χ1v) is 9.21. The second-order valence-electron chi connectivity index (χ2n) is 7.38. The van der Waals surface area contributed by atoms with Crippen molar-refractivity contribution < 1.29 is 9.53 Å². The highest BCUT2D eigenvalue weighted by Crippen LogP contribution is 2.41. The Hall–Kier alpha value is -1.60. The molecule has 3 rings (SSSR count). The summed E-state index contributed by atoms with van der Waals surface area (Å²) in [5, 5.41) is 3.31. The zero-order chi connectivity index (χ0) is 17.9. The number of amides is 1. The first-order valence-electron chi connectivity index (χ1n) is 9.21. The van der Waals surface area contributed by atoms with Gasteiger partial charge in [-0.25, -0.2) is 4.98 Å². The van der Waals surface area contributed by atoms with Crippen molar-refractivity contribution in [1.29, 1.82) is 0 Å². The SMILES string of the molecule is CCC[C@H]1CN(c2nccc(N)n2)C[C@@H]1NC(=O)C1(COC)CCC1.Cl. The minimum atomic E-state index is -0.327. The molecule has 2 aliphatic rings. The van der Waals surface area contributed by atoms with E-state index in [4.69, 9.17) is 10.5 Å². The second kappa shape index (κ2) is 8.86. The van der Waals surface area contributed by atoms with Gasteiger partial charge in [-0.1, -0.05) is 19.8 Å². The summed E-state index contributed by atoms with van der Waals surface area (Å²) in [6, 6.07) is 1.81. The van der Waals surface area contributed by atoms with Crippen molar-refractivity contribution >= 4 is 30.1 Å². The fourth-order valence-corrected chi connectivity index (χ4v) is 4.01. The van der Waals surface area contributed by atoms with E-state index in [1.54, 1.807) is 19.4 Å². The van der Waals surface area contributed by atoms with E-state index in [0.29, 0.717) is 24.3 Å². The van der Waals surface area contributed by atoms with Gasteiger partial charge in [-0.3, -0.25) is 4.79 Å². The Bertz CT molecular complexity index is 611. The number of methoxy groups -OCH3 is 1. The van der Waals surface area contributed by atoms with Crippen molar-refractivity contribution in [2.45, 2.75) is 45.1 Å². The van der Waals surface area contributed by atoms with Gasteiger partial charge in [-0.15, -0.1) is 12.4 Å². The number of nitrogens with one attached hydrogen (secondary N) is 1. The van der Waals surface area contributed by atoms with Crippen molar-refractivity contribution in [2.24, 2.45) is 11.3 Å². The van der Waals surface area contributed by atoms with E-state index >= 15 is 0 Å². The zero-order valence-electron chi connectivity index (χ0n) is 15.6. The molecule has 1 aromatic rings. The molecule has 1 aromatic heterocycles. The number of anilines is 2. The molecule has 1 saturated heterocycles. The maximum absolute atomic E-state index is 12.9. The average molecular weight is 384 g/mol. The minimum absolute atomic E-state index is 0. The van der Waals surface area contributed by atoms with Crippen molar-refractivity contribution in [1.82, 2.24) is 15.3 Å². The molecule has 146 valence electrons. The fourth-order valence-electron chi connectivity index (χ4n) is 4.01. The predicted octanol–water partition coefficient (Wildman–Crippen LogP) is 2.02. The summed E-state index contributed by atoms with van der Waals surface area (Å²) < 4.78 is 5.31. The number of nitrogens with zero attached hydrogens (tertiary/aromatic N) is 3. The van der Waals surface area contributed by atoms with Gasteiger partial charge in [0.15, 0.2) is 0 Å². The smallest absolute Gasteiger partial charge is 0.228 e. The van der Waals surface area contributed by atoms with Gasteiger partial charge < -0.3 is 20.7 Å². The third-order valence-corrected chi connectivity index (χ3v) is 5.58. The van der Waals surface area contributed by atoms with Gasteiger partial charge in [-0.05, 0) is 31.2 Å². The number of ether oxygens (including phenoxy) is 1. The molecule has 1 saturated carbocycles. The minimum Gasteiger partial charge on any atom is -0.384 e. The van der Waals surface area contributed by atoms with Crippen LogP contribution in [0.15, 0.2) is 12.3 Å². The summed E-state index contributed by atoms with van der Waals surface area (Å²) >= 11 is 0. The van der Waals surface area contributed by atoms with Crippen LogP contribution in [0.5, 0.6) is 0 Å². The molecule has 1 amide bonds. The van der Waals surface area contributed by atoms with Crippen LogP contribution in [0.2, 0.25) is 0 Å². The van der Waals surface area contributed by atoms with Gasteiger partial charge >= 0.3 is 0 Å². The lowest BCUT2D eigenvalue weighted by atomic mass is 9.68. The number of carbonyl (C=O) groups is 1. The summed E-state index contributed by atoms with van der Waals surface area (Å²) in [4.78, 5) is 23.7. The molecule has 26 heavy (non-hydrogen) atoms. The summed E-state index contributed by atoms with van der Waals surface area (Å²) in [5.41, 5.74) is 5.46. The number of halogens is 1. The van der Waals surface area contributed by atoms with E-state index in [9.17, 15) is 4.79 Å². The first-order chi connectivity index (χ1) is 12.1. The fraction of sp³-hybridized carbons (Fsp3) is 0.722. The van der Waals surface area contributed by atoms with Gasteiger partial charge in [0.2, 0.25) is 11.9 Å². The number of hydrogen-bond acceptors (Lipinski definition) is 6. The predicted molar refractivity (Wildman–Crippen MR) is 104 cm³/mol. The molecule has 0 spiro atoms. The van der Waals surface area contributed by atoms with E-state index in [1.165, 1.54) is 0 Å². The Balaban J connectivity index is 0.00000243. The van der Waals surface area contributed by atoms with Crippen LogP contribution in [0.25, 0.3) is 0 Å². The lowest BCUT2D eigenvalue weighted by Crippen LogP contribution is -2.53. The summed E-state index contributed by atoms with van der Waals surface area (Å²) in [5.74, 6) is 1.66. The molecule has 2 atom stereocenters. The molecule has 0 radical (unpaired) electrons. The van der Waals surface area contributed by atoms with E-state index in [2.05, 4.69) is 27.1 Å².